The van der Waals surface area contributed by atoms with Crippen LogP contribution < -0.4 is 9.47 Å². The molecule has 7 nitrogen and oxygen atoms in total. The summed E-state index contributed by atoms with van der Waals surface area (Å²) >= 11 is 0. The standard InChI is InChI=1S/C22H26N2O5/c1-26-15-22(25)24(13-16-5-4-6-19(11-16)28-3)14-20-12-21(23-29-20)17-7-9-18(27-2)10-8-17/h4-11,20H,12-15H2,1-3H3. The average Bonchev–Trinajstić information content (AvgIpc) is 3.22. The minimum absolute atomic E-state index is 0.0167. The molecule has 0 radical (unpaired) electrons. The van der Waals surface area contributed by atoms with Crippen molar-refractivity contribution in [3.05, 3.63) is 59.7 Å². The molecular weight excluding hydrogens is 372 g/mol. The van der Waals surface area contributed by atoms with Gasteiger partial charge in [0.1, 0.15) is 18.1 Å². The Kier molecular flexibility index (Phi) is 7.08. The molecule has 1 atom stereocenters. The van der Waals surface area contributed by atoms with Crippen LogP contribution in [0.3, 0.4) is 0 Å². The molecule has 3 rings (SSSR count). The zero-order valence-electron chi connectivity index (χ0n) is 17.0. The Hall–Kier alpha value is -3.06. The molecule has 0 saturated carbocycles. The van der Waals surface area contributed by atoms with Crippen LogP contribution in [0.2, 0.25) is 0 Å². The van der Waals surface area contributed by atoms with Crippen molar-refractivity contribution < 1.29 is 23.8 Å². The van der Waals surface area contributed by atoms with Crippen molar-refractivity contribution >= 4 is 11.6 Å². The molecule has 1 aliphatic rings. The van der Waals surface area contributed by atoms with E-state index in [0.29, 0.717) is 19.5 Å². The van der Waals surface area contributed by atoms with Gasteiger partial charge < -0.3 is 23.9 Å². The summed E-state index contributed by atoms with van der Waals surface area (Å²) < 4.78 is 15.5. The Morgan fingerprint density at radius 1 is 1.10 bits per heavy atom. The van der Waals surface area contributed by atoms with Crippen molar-refractivity contribution in [2.45, 2.75) is 19.1 Å². The van der Waals surface area contributed by atoms with E-state index in [4.69, 9.17) is 19.0 Å². The van der Waals surface area contributed by atoms with Crippen molar-refractivity contribution in [3.8, 4) is 11.5 Å². The third kappa shape index (κ3) is 5.48. The Balaban J connectivity index is 1.65. The summed E-state index contributed by atoms with van der Waals surface area (Å²) in [5.74, 6) is 1.44. The van der Waals surface area contributed by atoms with E-state index in [1.165, 1.54) is 7.11 Å². The van der Waals surface area contributed by atoms with E-state index >= 15 is 0 Å². The summed E-state index contributed by atoms with van der Waals surface area (Å²) in [4.78, 5) is 19.9. The molecule has 1 amide bonds. The molecule has 0 fully saturated rings. The van der Waals surface area contributed by atoms with Crippen LogP contribution in [0.25, 0.3) is 0 Å². The molecule has 1 aliphatic heterocycles. The molecule has 1 heterocycles. The second-order valence-electron chi connectivity index (χ2n) is 6.76. The van der Waals surface area contributed by atoms with Gasteiger partial charge in [0, 0.05) is 20.1 Å². The first kappa shape index (κ1) is 20.7. The van der Waals surface area contributed by atoms with Gasteiger partial charge in [-0.05, 0) is 47.5 Å². The fourth-order valence-electron chi connectivity index (χ4n) is 3.19. The number of carbonyl (C=O) groups is 1. The van der Waals surface area contributed by atoms with Crippen LogP contribution in [0.5, 0.6) is 11.5 Å². The number of ether oxygens (including phenoxy) is 3. The maximum Gasteiger partial charge on any atom is 0.248 e. The third-order valence-electron chi connectivity index (χ3n) is 4.71. The van der Waals surface area contributed by atoms with Crippen LogP contribution in [0.15, 0.2) is 53.7 Å². The van der Waals surface area contributed by atoms with Crippen molar-refractivity contribution in [1.82, 2.24) is 4.90 Å². The zero-order valence-corrected chi connectivity index (χ0v) is 17.0. The van der Waals surface area contributed by atoms with E-state index in [2.05, 4.69) is 5.16 Å². The maximum absolute atomic E-state index is 12.6. The lowest BCUT2D eigenvalue weighted by Crippen LogP contribution is -2.39. The number of amides is 1. The molecule has 0 aliphatic carbocycles. The predicted octanol–water partition coefficient (Wildman–Crippen LogP) is 2.87. The number of oxime groups is 1. The van der Waals surface area contributed by atoms with Gasteiger partial charge >= 0.3 is 0 Å². The summed E-state index contributed by atoms with van der Waals surface area (Å²) in [6, 6.07) is 15.3. The first-order valence-electron chi connectivity index (χ1n) is 9.39. The maximum atomic E-state index is 12.6. The highest BCUT2D eigenvalue weighted by atomic mass is 16.6. The highest BCUT2D eigenvalue weighted by Gasteiger charge is 2.27. The predicted molar refractivity (Wildman–Crippen MR) is 109 cm³/mol. The average molecular weight is 398 g/mol. The van der Waals surface area contributed by atoms with Gasteiger partial charge in [-0.25, -0.2) is 0 Å². The summed E-state index contributed by atoms with van der Waals surface area (Å²) in [5.41, 5.74) is 2.82. The number of methoxy groups -OCH3 is 3. The normalized spacial score (nSPS) is 15.4. The van der Waals surface area contributed by atoms with E-state index in [0.717, 1.165) is 28.3 Å². The smallest absolute Gasteiger partial charge is 0.248 e. The molecule has 0 bridgehead atoms. The van der Waals surface area contributed by atoms with Gasteiger partial charge in [-0.3, -0.25) is 4.79 Å². The van der Waals surface area contributed by atoms with Gasteiger partial charge in [0.2, 0.25) is 5.91 Å². The quantitative estimate of drug-likeness (QED) is 0.650. The second-order valence-corrected chi connectivity index (χ2v) is 6.76. The lowest BCUT2D eigenvalue weighted by molar-refractivity contribution is -0.137. The first-order valence-corrected chi connectivity index (χ1v) is 9.39. The number of hydrogen-bond donors (Lipinski definition) is 0. The first-order chi connectivity index (χ1) is 14.1. The molecule has 0 N–H and O–H groups in total. The largest absolute Gasteiger partial charge is 0.497 e. The summed E-state index contributed by atoms with van der Waals surface area (Å²) in [7, 11) is 4.77. The number of nitrogens with zero attached hydrogens (tertiary/aromatic N) is 2. The van der Waals surface area contributed by atoms with Gasteiger partial charge in [-0.1, -0.05) is 17.3 Å². The number of hydrogen-bond acceptors (Lipinski definition) is 6. The fourth-order valence-corrected chi connectivity index (χ4v) is 3.19. The lowest BCUT2D eigenvalue weighted by atomic mass is 10.0. The highest BCUT2D eigenvalue weighted by molar-refractivity contribution is 6.01. The highest BCUT2D eigenvalue weighted by Crippen LogP contribution is 2.21. The third-order valence-corrected chi connectivity index (χ3v) is 4.71. The number of rotatable bonds is 9. The molecule has 0 aromatic heterocycles. The fraction of sp³-hybridized carbons (Fsp3) is 0.364. The summed E-state index contributed by atoms with van der Waals surface area (Å²) in [6.07, 6.45) is 0.416. The van der Waals surface area contributed by atoms with Crippen LogP contribution in [0, 0.1) is 0 Å². The molecule has 2 aromatic carbocycles. The van der Waals surface area contributed by atoms with E-state index < -0.39 is 0 Å². The molecule has 1 unspecified atom stereocenters. The van der Waals surface area contributed by atoms with Crippen LogP contribution in [0.1, 0.15) is 17.5 Å². The van der Waals surface area contributed by atoms with Crippen LogP contribution in [-0.2, 0) is 20.9 Å². The Labute approximate surface area is 170 Å². The lowest BCUT2D eigenvalue weighted by Gasteiger charge is -2.25. The van der Waals surface area contributed by atoms with E-state index in [1.54, 1.807) is 19.1 Å². The minimum Gasteiger partial charge on any atom is -0.497 e. The second kappa shape index (κ2) is 9.93. The molecule has 0 saturated heterocycles. The Bertz CT molecular complexity index is 851. The van der Waals surface area contributed by atoms with Crippen molar-refractivity contribution in [1.29, 1.82) is 0 Å². The van der Waals surface area contributed by atoms with E-state index in [-0.39, 0.29) is 18.6 Å². The van der Waals surface area contributed by atoms with Gasteiger partial charge in [0.15, 0.2) is 6.10 Å². The Morgan fingerprint density at radius 2 is 1.86 bits per heavy atom. The topological polar surface area (TPSA) is 69.6 Å². The molecule has 7 heteroatoms. The van der Waals surface area contributed by atoms with Crippen LogP contribution in [-0.4, -0.2) is 57.1 Å². The van der Waals surface area contributed by atoms with E-state index in [9.17, 15) is 4.79 Å². The molecule has 29 heavy (non-hydrogen) atoms. The van der Waals surface area contributed by atoms with Crippen molar-refractivity contribution in [2.75, 3.05) is 34.5 Å². The van der Waals surface area contributed by atoms with E-state index in [1.807, 2.05) is 48.5 Å². The Morgan fingerprint density at radius 3 is 2.55 bits per heavy atom. The van der Waals surface area contributed by atoms with Crippen molar-refractivity contribution in [3.63, 3.8) is 0 Å². The molecule has 2 aromatic rings. The molecular formula is C22H26N2O5. The zero-order chi connectivity index (χ0) is 20.6. The van der Waals surface area contributed by atoms with Crippen LogP contribution >= 0.6 is 0 Å². The van der Waals surface area contributed by atoms with Crippen molar-refractivity contribution in [2.24, 2.45) is 5.16 Å². The summed E-state index contributed by atoms with van der Waals surface area (Å²) in [6.45, 7) is 0.878. The minimum atomic E-state index is -0.210. The van der Waals surface area contributed by atoms with Gasteiger partial charge in [0.05, 0.1) is 26.5 Å². The summed E-state index contributed by atoms with van der Waals surface area (Å²) in [5, 5.41) is 4.22. The number of carbonyl (C=O) groups excluding carboxylic acids is 1. The monoisotopic (exact) mass is 398 g/mol. The molecule has 154 valence electrons. The van der Waals surface area contributed by atoms with Gasteiger partial charge in [0.25, 0.3) is 0 Å². The van der Waals surface area contributed by atoms with Crippen LogP contribution in [0.4, 0.5) is 0 Å². The number of benzene rings is 2. The van der Waals surface area contributed by atoms with Gasteiger partial charge in [-0.2, -0.15) is 0 Å². The molecule has 0 spiro atoms. The van der Waals surface area contributed by atoms with Gasteiger partial charge in [-0.15, -0.1) is 0 Å². The SMILES string of the molecule is COCC(=O)N(Cc1cccc(OC)c1)CC1CC(c2ccc(OC)cc2)=NO1.